The fourth-order valence-electron chi connectivity index (χ4n) is 3.26. The molecular weight excluding hydrogens is 352 g/mol. The molecule has 0 amide bonds. The van der Waals surface area contributed by atoms with Crippen molar-refractivity contribution in [1.82, 2.24) is 19.9 Å². The summed E-state index contributed by atoms with van der Waals surface area (Å²) in [7, 11) is 1.65. The highest BCUT2D eigenvalue weighted by Crippen LogP contribution is 2.29. The van der Waals surface area contributed by atoms with Gasteiger partial charge in [-0.1, -0.05) is 25.9 Å². The quantitative estimate of drug-likeness (QED) is 0.495. The van der Waals surface area contributed by atoms with Crippen LogP contribution in [0.2, 0.25) is 0 Å². The SMILES string of the molecule is COc1ccc(-c2noc(-c3ccc4c(cnn4CC(C)(C)C)c3)n2)c(C)c1. The van der Waals surface area contributed by atoms with Crippen LogP contribution < -0.4 is 4.74 Å². The van der Waals surface area contributed by atoms with E-state index < -0.39 is 0 Å². The normalized spacial score (nSPS) is 11.9. The van der Waals surface area contributed by atoms with Crippen LogP contribution in [0.1, 0.15) is 26.3 Å². The van der Waals surface area contributed by atoms with Gasteiger partial charge in [0.25, 0.3) is 5.89 Å². The Bertz CT molecular complexity index is 1140. The van der Waals surface area contributed by atoms with E-state index in [1.54, 1.807) is 7.11 Å². The average molecular weight is 376 g/mol. The molecule has 0 bridgehead atoms. The Morgan fingerprint density at radius 2 is 1.93 bits per heavy atom. The molecule has 28 heavy (non-hydrogen) atoms. The Balaban J connectivity index is 1.66. The summed E-state index contributed by atoms with van der Waals surface area (Å²) in [5.74, 6) is 1.87. The Labute approximate surface area is 164 Å². The number of nitrogens with zero attached hydrogens (tertiary/aromatic N) is 4. The van der Waals surface area contributed by atoms with E-state index in [4.69, 9.17) is 9.26 Å². The van der Waals surface area contributed by atoms with Gasteiger partial charge in [0.1, 0.15) is 5.75 Å². The van der Waals surface area contributed by atoms with Crippen molar-refractivity contribution in [1.29, 1.82) is 0 Å². The van der Waals surface area contributed by atoms with E-state index in [-0.39, 0.29) is 5.41 Å². The van der Waals surface area contributed by atoms with Crippen LogP contribution in [-0.4, -0.2) is 27.0 Å². The number of aryl methyl sites for hydroxylation is 1. The number of hydrogen-bond donors (Lipinski definition) is 0. The zero-order valence-corrected chi connectivity index (χ0v) is 16.9. The number of ether oxygens (including phenoxy) is 1. The minimum Gasteiger partial charge on any atom is -0.497 e. The van der Waals surface area contributed by atoms with E-state index >= 15 is 0 Å². The van der Waals surface area contributed by atoms with Crippen molar-refractivity contribution < 1.29 is 9.26 Å². The van der Waals surface area contributed by atoms with E-state index in [9.17, 15) is 0 Å². The molecule has 6 heteroatoms. The molecule has 2 heterocycles. The van der Waals surface area contributed by atoms with Gasteiger partial charge in [-0.3, -0.25) is 4.68 Å². The Kier molecular flexibility index (Phi) is 4.41. The lowest BCUT2D eigenvalue weighted by molar-refractivity contribution is 0.331. The fourth-order valence-corrected chi connectivity index (χ4v) is 3.26. The molecule has 0 aliphatic carbocycles. The Morgan fingerprint density at radius 1 is 1.11 bits per heavy atom. The van der Waals surface area contributed by atoms with Gasteiger partial charge in [-0.15, -0.1) is 0 Å². The van der Waals surface area contributed by atoms with Gasteiger partial charge in [0, 0.05) is 23.1 Å². The van der Waals surface area contributed by atoms with Crippen molar-refractivity contribution in [3.05, 3.63) is 48.2 Å². The summed E-state index contributed by atoms with van der Waals surface area (Å²) in [4.78, 5) is 4.59. The van der Waals surface area contributed by atoms with Crippen LogP contribution in [0.15, 0.2) is 47.1 Å². The molecule has 0 aliphatic heterocycles. The van der Waals surface area contributed by atoms with Gasteiger partial charge >= 0.3 is 0 Å². The first-order valence-electron chi connectivity index (χ1n) is 9.29. The van der Waals surface area contributed by atoms with Gasteiger partial charge in [0.15, 0.2) is 0 Å². The summed E-state index contributed by atoms with van der Waals surface area (Å²) in [6.07, 6.45) is 1.88. The third kappa shape index (κ3) is 3.50. The molecule has 0 spiro atoms. The molecule has 0 unspecified atom stereocenters. The smallest absolute Gasteiger partial charge is 0.258 e. The van der Waals surface area contributed by atoms with Crippen LogP contribution in [0, 0.1) is 12.3 Å². The summed E-state index contributed by atoms with van der Waals surface area (Å²) >= 11 is 0. The first-order chi connectivity index (χ1) is 13.3. The molecule has 0 saturated carbocycles. The van der Waals surface area contributed by atoms with Crippen LogP contribution in [0.4, 0.5) is 0 Å². The summed E-state index contributed by atoms with van der Waals surface area (Å²) < 4.78 is 12.8. The zero-order valence-electron chi connectivity index (χ0n) is 16.9. The van der Waals surface area contributed by atoms with Gasteiger partial charge in [-0.05, 0) is 54.3 Å². The standard InChI is InChI=1S/C22H24N4O2/c1-14-10-17(27-5)7-8-18(14)20-24-21(28-25-20)15-6-9-19-16(11-15)12-23-26(19)13-22(2,3)4/h6-12H,13H2,1-5H3. The lowest BCUT2D eigenvalue weighted by Gasteiger charge is -2.18. The molecule has 0 radical (unpaired) electrons. The van der Waals surface area contributed by atoms with E-state index in [2.05, 4.69) is 42.1 Å². The van der Waals surface area contributed by atoms with Gasteiger partial charge in [0.05, 0.1) is 18.8 Å². The molecule has 4 aromatic rings. The van der Waals surface area contributed by atoms with E-state index in [1.807, 2.05) is 48.1 Å². The third-order valence-electron chi connectivity index (χ3n) is 4.61. The van der Waals surface area contributed by atoms with Crippen LogP contribution in [-0.2, 0) is 6.54 Å². The highest BCUT2D eigenvalue weighted by molar-refractivity contribution is 5.83. The fraction of sp³-hybridized carbons (Fsp3) is 0.318. The molecule has 4 rings (SSSR count). The highest BCUT2D eigenvalue weighted by Gasteiger charge is 2.16. The topological polar surface area (TPSA) is 66.0 Å². The minimum atomic E-state index is 0.162. The molecular formula is C22H24N4O2. The number of methoxy groups -OCH3 is 1. The first-order valence-corrected chi connectivity index (χ1v) is 9.29. The second-order valence-corrected chi connectivity index (χ2v) is 8.24. The number of hydrogen-bond acceptors (Lipinski definition) is 5. The zero-order chi connectivity index (χ0) is 19.9. The van der Waals surface area contributed by atoms with Gasteiger partial charge in [0.2, 0.25) is 5.82 Å². The van der Waals surface area contributed by atoms with Crippen LogP contribution in [0.5, 0.6) is 5.75 Å². The van der Waals surface area contributed by atoms with Gasteiger partial charge in [-0.25, -0.2) is 0 Å². The molecule has 0 fully saturated rings. The first kappa shape index (κ1) is 18.2. The number of fused-ring (bicyclic) bond motifs is 1. The molecule has 6 nitrogen and oxygen atoms in total. The minimum absolute atomic E-state index is 0.162. The van der Waals surface area contributed by atoms with Gasteiger partial charge in [-0.2, -0.15) is 10.1 Å². The largest absolute Gasteiger partial charge is 0.497 e. The van der Waals surface area contributed by atoms with Gasteiger partial charge < -0.3 is 9.26 Å². The third-order valence-corrected chi connectivity index (χ3v) is 4.61. The molecule has 0 atom stereocenters. The number of benzene rings is 2. The molecule has 0 saturated heterocycles. The summed E-state index contributed by atoms with van der Waals surface area (Å²) in [6.45, 7) is 9.48. The summed E-state index contributed by atoms with van der Waals surface area (Å²) in [5, 5.41) is 9.76. The molecule has 0 N–H and O–H groups in total. The van der Waals surface area contributed by atoms with Crippen LogP contribution in [0.3, 0.4) is 0 Å². The predicted octanol–water partition coefficient (Wildman–Crippen LogP) is 5.12. The van der Waals surface area contributed by atoms with Crippen LogP contribution >= 0.6 is 0 Å². The lowest BCUT2D eigenvalue weighted by atomic mass is 9.97. The van der Waals surface area contributed by atoms with Crippen molar-refractivity contribution in [3.8, 4) is 28.6 Å². The molecule has 0 aliphatic rings. The van der Waals surface area contributed by atoms with E-state index in [0.29, 0.717) is 11.7 Å². The van der Waals surface area contributed by atoms with E-state index in [0.717, 1.165) is 39.9 Å². The maximum absolute atomic E-state index is 5.53. The maximum Gasteiger partial charge on any atom is 0.258 e. The average Bonchev–Trinajstić information content (AvgIpc) is 3.27. The van der Waals surface area contributed by atoms with Crippen LogP contribution in [0.25, 0.3) is 33.7 Å². The second-order valence-electron chi connectivity index (χ2n) is 8.24. The number of aromatic nitrogens is 4. The van der Waals surface area contributed by atoms with Crippen molar-refractivity contribution in [2.45, 2.75) is 34.2 Å². The molecule has 2 aromatic carbocycles. The summed E-state index contributed by atoms with van der Waals surface area (Å²) in [6, 6.07) is 11.9. The number of rotatable bonds is 4. The Hall–Kier alpha value is -3.15. The maximum atomic E-state index is 5.53. The molecule has 2 aromatic heterocycles. The highest BCUT2D eigenvalue weighted by atomic mass is 16.5. The van der Waals surface area contributed by atoms with Crippen molar-refractivity contribution in [3.63, 3.8) is 0 Å². The monoisotopic (exact) mass is 376 g/mol. The molecule has 144 valence electrons. The van der Waals surface area contributed by atoms with Crippen molar-refractivity contribution >= 4 is 10.9 Å². The predicted molar refractivity (Wildman–Crippen MR) is 109 cm³/mol. The van der Waals surface area contributed by atoms with Crippen molar-refractivity contribution in [2.24, 2.45) is 5.41 Å². The summed E-state index contributed by atoms with van der Waals surface area (Å²) in [5.41, 5.74) is 4.10. The second kappa shape index (κ2) is 6.78. The Morgan fingerprint density at radius 3 is 2.64 bits per heavy atom. The van der Waals surface area contributed by atoms with Crippen molar-refractivity contribution in [2.75, 3.05) is 7.11 Å². The lowest BCUT2D eigenvalue weighted by Crippen LogP contribution is -2.16. The van der Waals surface area contributed by atoms with E-state index in [1.165, 1.54) is 0 Å².